The molecule has 2 rings (SSSR count). The highest BCUT2D eigenvalue weighted by Crippen LogP contribution is 2.20. The highest BCUT2D eigenvalue weighted by atomic mass is 35.5. The van der Waals surface area contributed by atoms with Crippen molar-refractivity contribution in [2.45, 2.75) is 25.9 Å². The van der Waals surface area contributed by atoms with Crippen LogP contribution in [0.2, 0.25) is 5.02 Å². The summed E-state index contributed by atoms with van der Waals surface area (Å²) in [5, 5.41) is 5.70. The quantitative estimate of drug-likeness (QED) is 0.728. The van der Waals surface area contributed by atoms with Gasteiger partial charge in [0, 0.05) is 23.3 Å². The van der Waals surface area contributed by atoms with Gasteiger partial charge in [-0.1, -0.05) is 48.0 Å². The van der Waals surface area contributed by atoms with E-state index in [1.165, 1.54) is 0 Å². The average molecular weight is 346 g/mol. The number of rotatable bonds is 5. The van der Waals surface area contributed by atoms with Crippen LogP contribution in [0, 0.1) is 0 Å². The molecule has 0 aliphatic heterocycles. The monoisotopic (exact) mass is 345 g/mol. The van der Waals surface area contributed by atoms with Crippen molar-refractivity contribution in [2.24, 2.45) is 5.73 Å². The molecule has 1 atom stereocenters. The maximum absolute atomic E-state index is 12.1. The average Bonchev–Trinajstić information content (AvgIpc) is 2.55. The number of carbonyl (C=O) groups excluding carboxylic acids is 2. The number of benzene rings is 2. The van der Waals surface area contributed by atoms with E-state index in [2.05, 4.69) is 10.6 Å². The molecule has 4 N–H and O–H groups in total. The summed E-state index contributed by atoms with van der Waals surface area (Å²) in [4.78, 5) is 24.1. The van der Waals surface area contributed by atoms with Crippen molar-refractivity contribution >= 4 is 29.1 Å². The molecule has 126 valence electrons. The van der Waals surface area contributed by atoms with Crippen molar-refractivity contribution in [1.82, 2.24) is 5.32 Å². The molecule has 2 aromatic rings. The molecule has 0 bridgehead atoms. The number of anilines is 1. The lowest BCUT2D eigenvalue weighted by Crippen LogP contribution is -2.41. The molecule has 1 unspecified atom stereocenters. The van der Waals surface area contributed by atoms with Gasteiger partial charge in [0.05, 0.1) is 0 Å². The van der Waals surface area contributed by atoms with Crippen LogP contribution in [-0.2, 0) is 22.6 Å². The molecule has 2 amide bonds. The Morgan fingerprint density at radius 2 is 1.83 bits per heavy atom. The molecule has 24 heavy (non-hydrogen) atoms. The first-order valence-electron chi connectivity index (χ1n) is 7.64. The van der Waals surface area contributed by atoms with Crippen LogP contribution in [0.5, 0.6) is 0 Å². The van der Waals surface area contributed by atoms with Gasteiger partial charge in [0.15, 0.2) is 0 Å². The van der Waals surface area contributed by atoms with Crippen LogP contribution in [0.4, 0.5) is 5.69 Å². The third-order valence-electron chi connectivity index (χ3n) is 3.51. The standard InChI is InChI=1S/C18H20ClN3O2/c1-12(9-13-5-3-2-4-6-13)21-17(23)18(24)22-16-10-15(19)8-7-14(16)11-20/h2-8,10,12H,9,11,20H2,1H3,(H,21,23)(H,22,24). The first-order valence-corrected chi connectivity index (χ1v) is 8.01. The second-order valence-electron chi connectivity index (χ2n) is 5.52. The van der Waals surface area contributed by atoms with Crippen molar-refractivity contribution in [3.05, 3.63) is 64.7 Å². The van der Waals surface area contributed by atoms with Crippen molar-refractivity contribution in [3.63, 3.8) is 0 Å². The predicted octanol–water partition coefficient (Wildman–Crippen LogP) is 2.48. The first-order chi connectivity index (χ1) is 11.5. The third-order valence-corrected chi connectivity index (χ3v) is 3.74. The zero-order chi connectivity index (χ0) is 17.5. The van der Waals surface area contributed by atoms with Gasteiger partial charge in [-0.05, 0) is 36.6 Å². The molecule has 0 heterocycles. The van der Waals surface area contributed by atoms with E-state index in [9.17, 15) is 9.59 Å². The molecular weight excluding hydrogens is 326 g/mol. The highest BCUT2D eigenvalue weighted by molar-refractivity contribution is 6.40. The summed E-state index contributed by atoms with van der Waals surface area (Å²) in [6.45, 7) is 2.09. The molecule has 5 nitrogen and oxygen atoms in total. The Hall–Kier alpha value is -2.37. The first kappa shape index (κ1) is 18.0. The molecule has 0 spiro atoms. The topological polar surface area (TPSA) is 84.2 Å². The molecule has 0 aliphatic carbocycles. The summed E-state index contributed by atoms with van der Waals surface area (Å²) in [5.74, 6) is -1.44. The maximum atomic E-state index is 12.1. The van der Waals surface area contributed by atoms with Crippen molar-refractivity contribution in [3.8, 4) is 0 Å². The van der Waals surface area contributed by atoms with Gasteiger partial charge >= 0.3 is 11.8 Å². The van der Waals surface area contributed by atoms with Crippen molar-refractivity contribution < 1.29 is 9.59 Å². The smallest absolute Gasteiger partial charge is 0.313 e. The number of nitrogens with two attached hydrogens (primary N) is 1. The van der Waals surface area contributed by atoms with Crippen molar-refractivity contribution in [1.29, 1.82) is 0 Å². The molecule has 0 saturated carbocycles. The number of halogens is 1. The second-order valence-corrected chi connectivity index (χ2v) is 5.96. The summed E-state index contributed by atoms with van der Waals surface area (Å²) >= 11 is 5.92. The lowest BCUT2D eigenvalue weighted by Gasteiger charge is -2.15. The minimum absolute atomic E-state index is 0.168. The van der Waals surface area contributed by atoms with Crippen LogP contribution in [0.1, 0.15) is 18.1 Å². The van der Waals surface area contributed by atoms with Gasteiger partial charge in [-0.3, -0.25) is 9.59 Å². The highest BCUT2D eigenvalue weighted by Gasteiger charge is 2.17. The van der Waals surface area contributed by atoms with E-state index in [1.54, 1.807) is 18.2 Å². The van der Waals surface area contributed by atoms with E-state index >= 15 is 0 Å². The number of nitrogens with one attached hydrogen (secondary N) is 2. The van der Waals surface area contributed by atoms with Crippen LogP contribution in [-0.4, -0.2) is 17.9 Å². The summed E-state index contributed by atoms with van der Waals surface area (Å²) < 4.78 is 0. The summed E-state index contributed by atoms with van der Waals surface area (Å²) in [6.07, 6.45) is 0.644. The van der Waals surface area contributed by atoms with E-state index in [0.29, 0.717) is 22.7 Å². The summed E-state index contributed by atoms with van der Waals surface area (Å²) in [7, 11) is 0. The van der Waals surface area contributed by atoms with Gasteiger partial charge in [0.2, 0.25) is 0 Å². The molecule has 2 aromatic carbocycles. The van der Waals surface area contributed by atoms with E-state index in [-0.39, 0.29) is 12.6 Å². The zero-order valence-corrected chi connectivity index (χ0v) is 14.1. The Kier molecular flexibility index (Phi) is 6.35. The Morgan fingerprint density at radius 1 is 1.12 bits per heavy atom. The Labute approximate surface area is 146 Å². The summed E-state index contributed by atoms with van der Waals surface area (Å²) in [5.41, 5.74) is 7.86. The fourth-order valence-electron chi connectivity index (χ4n) is 2.33. The van der Waals surface area contributed by atoms with Gasteiger partial charge in [0.1, 0.15) is 0 Å². The fourth-order valence-corrected chi connectivity index (χ4v) is 2.50. The zero-order valence-electron chi connectivity index (χ0n) is 13.4. The van der Waals surface area contributed by atoms with Crippen LogP contribution in [0.25, 0.3) is 0 Å². The lowest BCUT2D eigenvalue weighted by atomic mass is 10.1. The number of hydrogen-bond donors (Lipinski definition) is 3. The Bertz CT molecular complexity index is 719. The van der Waals surface area contributed by atoms with E-state index in [1.807, 2.05) is 37.3 Å². The van der Waals surface area contributed by atoms with Gasteiger partial charge in [-0.2, -0.15) is 0 Å². The third kappa shape index (κ3) is 5.08. The van der Waals surface area contributed by atoms with Crippen LogP contribution >= 0.6 is 11.6 Å². The van der Waals surface area contributed by atoms with Crippen molar-refractivity contribution in [2.75, 3.05) is 5.32 Å². The maximum Gasteiger partial charge on any atom is 0.313 e. The van der Waals surface area contributed by atoms with Gasteiger partial charge in [0.25, 0.3) is 0 Å². The largest absolute Gasteiger partial charge is 0.345 e. The van der Waals surface area contributed by atoms with Crippen LogP contribution in [0.3, 0.4) is 0 Å². The van der Waals surface area contributed by atoms with E-state index < -0.39 is 11.8 Å². The minimum atomic E-state index is -0.744. The summed E-state index contributed by atoms with van der Waals surface area (Å²) in [6, 6.07) is 14.6. The second kappa shape index (κ2) is 8.47. The number of carbonyl (C=O) groups is 2. The normalized spacial score (nSPS) is 11.6. The minimum Gasteiger partial charge on any atom is -0.345 e. The predicted molar refractivity (Wildman–Crippen MR) is 95.7 cm³/mol. The SMILES string of the molecule is CC(Cc1ccccc1)NC(=O)C(=O)Nc1cc(Cl)ccc1CN. The van der Waals surface area contributed by atoms with Gasteiger partial charge in [-0.25, -0.2) is 0 Å². The molecular formula is C18H20ClN3O2. The van der Waals surface area contributed by atoms with Gasteiger partial charge < -0.3 is 16.4 Å². The Morgan fingerprint density at radius 3 is 2.50 bits per heavy atom. The molecule has 0 fully saturated rings. The van der Waals surface area contributed by atoms with Gasteiger partial charge in [-0.15, -0.1) is 0 Å². The Balaban J connectivity index is 1.95. The number of hydrogen-bond acceptors (Lipinski definition) is 3. The lowest BCUT2D eigenvalue weighted by molar-refractivity contribution is -0.136. The van der Waals surface area contributed by atoms with Crippen LogP contribution in [0.15, 0.2) is 48.5 Å². The molecule has 6 heteroatoms. The number of amides is 2. The van der Waals surface area contributed by atoms with E-state index in [0.717, 1.165) is 5.56 Å². The molecule has 0 aromatic heterocycles. The fraction of sp³-hybridized carbons (Fsp3) is 0.222. The molecule has 0 saturated heterocycles. The molecule has 0 aliphatic rings. The van der Waals surface area contributed by atoms with E-state index in [4.69, 9.17) is 17.3 Å². The van der Waals surface area contributed by atoms with Crippen LogP contribution < -0.4 is 16.4 Å². The molecule has 0 radical (unpaired) electrons.